The zero-order valence-electron chi connectivity index (χ0n) is 13.6. The van der Waals surface area contributed by atoms with E-state index in [-0.39, 0.29) is 12.3 Å². The highest BCUT2D eigenvalue weighted by atomic mass is 35.5. The fourth-order valence-corrected chi connectivity index (χ4v) is 2.31. The molecule has 2 aromatic rings. The first kappa shape index (κ1) is 17.8. The van der Waals surface area contributed by atoms with Gasteiger partial charge in [-0.25, -0.2) is 0 Å². The van der Waals surface area contributed by atoms with Gasteiger partial charge in [0.2, 0.25) is 11.8 Å². The van der Waals surface area contributed by atoms with Crippen molar-refractivity contribution in [2.45, 2.75) is 19.9 Å². The van der Waals surface area contributed by atoms with Gasteiger partial charge in [0, 0.05) is 22.8 Å². The average Bonchev–Trinajstić information content (AvgIpc) is 2.56. The number of benzene rings is 2. The zero-order valence-corrected chi connectivity index (χ0v) is 14.3. The van der Waals surface area contributed by atoms with Gasteiger partial charge in [0.05, 0.1) is 7.11 Å². The maximum atomic E-state index is 11.9. The summed E-state index contributed by atoms with van der Waals surface area (Å²) in [4.78, 5) is 23.8. The molecule has 0 radical (unpaired) electrons. The lowest BCUT2D eigenvalue weighted by Gasteiger charge is -2.10. The van der Waals surface area contributed by atoms with E-state index in [0.717, 1.165) is 11.1 Å². The van der Waals surface area contributed by atoms with Crippen LogP contribution in [0.15, 0.2) is 42.5 Å². The van der Waals surface area contributed by atoms with Crippen LogP contribution in [0, 0.1) is 6.92 Å². The van der Waals surface area contributed by atoms with Crippen molar-refractivity contribution in [1.29, 1.82) is 0 Å². The first-order valence-corrected chi connectivity index (χ1v) is 7.82. The number of anilines is 1. The molecule has 2 rings (SSSR count). The number of carbonyl (C=O) groups is 2. The van der Waals surface area contributed by atoms with E-state index in [1.54, 1.807) is 25.3 Å². The molecular weight excluding hydrogens is 328 g/mol. The molecule has 24 heavy (non-hydrogen) atoms. The number of rotatable bonds is 6. The molecule has 2 amide bonds. The first-order chi connectivity index (χ1) is 11.5. The summed E-state index contributed by atoms with van der Waals surface area (Å²) in [5, 5.41) is 5.92. The lowest BCUT2D eigenvalue weighted by atomic mass is 10.2. The Bertz CT molecular complexity index is 747. The van der Waals surface area contributed by atoms with Crippen molar-refractivity contribution in [3.05, 3.63) is 58.6 Å². The quantitative estimate of drug-likeness (QED) is 0.788. The Hall–Kier alpha value is -2.53. The van der Waals surface area contributed by atoms with E-state index in [2.05, 4.69) is 10.6 Å². The van der Waals surface area contributed by atoms with E-state index in [0.29, 0.717) is 23.0 Å². The van der Waals surface area contributed by atoms with Gasteiger partial charge in [-0.15, -0.1) is 0 Å². The summed E-state index contributed by atoms with van der Waals surface area (Å²) >= 11 is 6.01. The molecule has 0 bridgehead atoms. The highest BCUT2D eigenvalue weighted by molar-refractivity contribution is 6.31. The number of ether oxygens (including phenoxy) is 1. The van der Waals surface area contributed by atoms with Gasteiger partial charge in [-0.05, 0) is 30.7 Å². The second-order valence-electron chi connectivity index (χ2n) is 5.28. The number of hydrogen-bond acceptors (Lipinski definition) is 3. The Labute approximate surface area is 146 Å². The number of halogens is 1. The molecule has 0 unspecified atom stereocenters. The summed E-state index contributed by atoms with van der Waals surface area (Å²) in [6.45, 7) is 2.17. The zero-order chi connectivity index (χ0) is 17.5. The summed E-state index contributed by atoms with van der Waals surface area (Å²) in [6, 6.07) is 12.6. The molecule has 6 heteroatoms. The van der Waals surface area contributed by atoms with Gasteiger partial charge >= 0.3 is 0 Å². The lowest BCUT2D eigenvalue weighted by molar-refractivity contribution is -0.126. The number of para-hydroxylation sites is 1. The van der Waals surface area contributed by atoms with E-state index in [9.17, 15) is 9.59 Å². The fraction of sp³-hybridized carbons (Fsp3) is 0.222. The van der Waals surface area contributed by atoms with Gasteiger partial charge in [-0.1, -0.05) is 35.9 Å². The number of hydrogen-bond donors (Lipinski definition) is 2. The summed E-state index contributed by atoms with van der Waals surface area (Å²) in [5.74, 6) is -0.0689. The maximum Gasteiger partial charge on any atom is 0.233 e. The summed E-state index contributed by atoms with van der Waals surface area (Å²) in [6.07, 6.45) is -0.263. The van der Waals surface area contributed by atoms with Crippen molar-refractivity contribution in [3.8, 4) is 5.75 Å². The Balaban J connectivity index is 1.85. The van der Waals surface area contributed by atoms with Gasteiger partial charge in [-0.2, -0.15) is 0 Å². The highest BCUT2D eigenvalue weighted by Gasteiger charge is 2.11. The molecule has 2 aromatic carbocycles. The Morgan fingerprint density at radius 2 is 1.88 bits per heavy atom. The molecule has 5 nitrogen and oxygen atoms in total. The van der Waals surface area contributed by atoms with Crippen LogP contribution in [0.2, 0.25) is 5.02 Å². The van der Waals surface area contributed by atoms with Crippen molar-refractivity contribution in [1.82, 2.24) is 5.32 Å². The van der Waals surface area contributed by atoms with E-state index < -0.39 is 5.91 Å². The van der Waals surface area contributed by atoms with Crippen LogP contribution < -0.4 is 15.4 Å². The SMILES string of the molecule is COc1ccccc1CNC(=O)CC(=O)Nc1ccc(C)c(Cl)c1. The maximum absolute atomic E-state index is 11.9. The molecule has 0 saturated heterocycles. The van der Waals surface area contributed by atoms with E-state index in [4.69, 9.17) is 16.3 Å². The van der Waals surface area contributed by atoms with Gasteiger partial charge < -0.3 is 15.4 Å². The molecule has 0 atom stereocenters. The summed E-state index contributed by atoms with van der Waals surface area (Å²) < 4.78 is 5.22. The number of amides is 2. The van der Waals surface area contributed by atoms with Crippen molar-refractivity contribution in [2.75, 3.05) is 12.4 Å². The van der Waals surface area contributed by atoms with E-state index in [1.807, 2.05) is 31.2 Å². The standard InChI is InChI=1S/C18H19ClN2O3/c1-12-7-8-14(9-15(12)19)21-18(23)10-17(22)20-11-13-5-3-4-6-16(13)24-2/h3-9H,10-11H2,1-2H3,(H,20,22)(H,21,23). The van der Waals surface area contributed by atoms with Gasteiger partial charge in [0.1, 0.15) is 12.2 Å². The molecule has 0 aliphatic carbocycles. The molecule has 0 saturated carbocycles. The third-order valence-corrected chi connectivity index (χ3v) is 3.85. The van der Waals surface area contributed by atoms with Crippen molar-refractivity contribution < 1.29 is 14.3 Å². The molecule has 0 fully saturated rings. The van der Waals surface area contributed by atoms with Crippen molar-refractivity contribution in [2.24, 2.45) is 0 Å². The monoisotopic (exact) mass is 346 g/mol. The third-order valence-electron chi connectivity index (χ3n) is 3.45. The minimum Gasteiger partial charge on any atom is -0.496 e. The molecule has 2 N–H and O–H groups in total. The molecule has 0 aromatic heterocycles. The van der Waals surface area contributed by atoms with Gasteiger partial charge in [0.15, 0.2) is 0 Å². The fourth-order valence-electron chi connectivity index (χ4n) is 2.13. The van der Waals surface area contributed by atoms with Crippen molar-refractivity contribution in [3.63, 3.8) is 0 Å². The first-order valence-electron chi connectivity index (χ1n) is 7.44. The van der Waals surface area contributed by atoms with Gasteiger partial charge in [-0.3, -0.25) is 9.59 Å². The number of methoxy groups -OCH3 is 1. The Kier molecular flexibility index (Phi) is 6.21. The van der Waals surface area contributed by atoms with Crippen LogP contribution in [0.3, 0.4) is 0 Å². The van der Waals surface area contributed by atoms with Crippen LogP contribution in [0.5, 0.6) is 5.75 Å². The van der Waals surface area contributed by atoms with Crippen LogP contribution in [0.1, 0.15) is 17.5 Å². The predicted molar refractivity (Wildman–Crippen MR) is 94.3 cm³/mol. The van der Waals surface area contributed by atoms with E-state index >= 15 is 0 Å². The van der Waals surface area contributed by atoms with E-state index in [1.165, 1.54) is 0 Å². The highest BCUT2D eigenvalue weighted by Crippen LogP contribution is 2.20. The van der Waals surface area contributed by atoms with Crippen LogP contribution >= 0.6 is 11.6 Å². The van der Waals surface area contributed by atoms with Gasteiger partial charge in [0.25, 0.3) is 0 Å². The summed E-state index contributed by atoms with van der Waals surface area (Å²) in [7, 11) is 1.57. The lowest BCUT2D eigenvalue weighted by Crippen LogP contribution is -2.27. The van der Waals surface area contributed by atoms with Crippen LogP contribution in [0.25, 0.3) is 0 Å². The molecule has 0 aliphatic heterocycles. The van der Waals surface area contributed by atoms with Crippen molar-refractivity contribution >= 4 is 29.1 Å². The average molecular weight is 347 g/mol. The van der Waals surface area contributed by atoms with Crippen LogP contribution in [-0.2, 0) is 16.1 Å². The second kappa shape index (κ2) is 8.36. The number of aryl methyl sites for hydroxylation is 1. The number of carbonyl (C=O) groups excluding carboxylic acids is 2. The largest absolute Gasteiger partial charge is 0.496 e. The Morgan fingerprint density at radius 3 is 2.58 bits per heavy atom. The predicted octanol–water partition coefficient (Wildman–Crippen LogP) is 3.30. The minimum atomic E-state index is -0.396. The molecule has 0 heterocycles. The number of nitrogens with one attached hydrogen (secondary N) is 2. The molecular formula is C18H19ClN2O3. The second-order valence-corrected chi connectivity index (χ2v) is 5.68. The molecule has 0 aliphatic rings. The van der Waals surface area contributed by atoms with Crippen LogP contribution in [0.4, 0.5) is 5.69 Å². The molecule has 126 valence electrons. The summed E-state index contributed by atoms with van der Waals surface area (Å²) in [5.41, 5.74) is 2.33. The molecule has 0 spiro atoms. The smallest absolute Gasteiger partial charge is 0.233 e. The topological polar surface area (TPSA) is 67.4 Å². The third kappa shape index (κ3) is 4.99. The Morgan fingerprint density at radius 1 is 1.12 bits per heavy atom. The van der Waals surface area contributed by atoms with Crippen LogP contribution in [-0.4, -0.2) is 18.9 Å². The normalized spacial score (nSPS) is 10.1. The minimum absolute atomic E-state index is 0.263.